The molecular weight excluding hydrogens is 200 g/mol. The van der Waals surface area contributed by atoms with Crippen molar-refractivity contribution in [1.82, 2.24) is 10.0 Å². The van der Waals surface area contributed by atoms with Crippen molar-refractivity contribution in [2.24, 2.45) is 0 Å². The van der Waals surface area contributed by atoms with E-state index in [0.717, 1.165) is 18.7 Å². The van der Waals surface area contributed by atoms with Crippen LogP contribution in [0.1, 0.15) is 26.2 Å². The Morgan fingerprint density at radius 2 is 2.25 bits per heavy atom. The van der Waals surface area contributed by atoms with E-state index in [0.29, 0.717) is 0 Å². The molecule has 0 bridgehead atoms. The first-order valence-electron chi connectivity index (χ1n) is 5.88. The van der Waals surface area contributed by atoms with Crippen LogP contribution >= 0.6 is 0 Å². The largest absolute Gasteiger partial charge is 0.357 e. The Kier molecular flexibility index (Phi) is 3.34. The second kappa shape index (κ2) is 4.74. The Bertz CT molecular complexity index is 327. The van der Waals surface area contributed by atoms with Gasteiger partial charge in [0.05, 0.1) is 5.70 Å². The van der Waals surface area contributed by atoms with E-state index in [1.807, 2.05) is 12.2 Å². The van der Waals surface area contributed by atoms with E-state index in [-0.39, 0.29) is 6.23 Å². The first kappa shape index (κ1) is 11.3. The molecule has 3 nitrogen and oxygen atoms in total. The van der Waals surface area contributed by atoms with Crippen LogP contribution in [0, 0.1) is 0 Å². The minimum Gasteiger partial charge on any atom is -0.357 e. The van der Waals surface area contributed by atoms with Crippen molar-refractivity contribution >= 4 is 0 Å². The molecule has 0 amide bonds. The van der Waals surface area contributed by atoms with E-state index in [1.54, 1.807) is 0 Å². The lowest BCUT2D eigenvalue weighted by molar-refractivity contribution is -0.137. The fraction of sp³-hybridized carbons (Fsp3) is 0.538. The van der Waals surface area contributed by atoms with Gasteiger partial charge in [-0.15, -0.1) is 0 Å². The van der Waals surface area contributed by atoms with Crippen LogP contribution in [0.2, 0.25) is 0 Å². The zero-order chi connectivity index (χ0) is 11.5. The Balaban J connectivity index is 2.18. The lowest BCUT2D eigenvalue weighted by Gasteiger charge is -2.42. The van der Waals surface area contributed by atoms with Crippen LogP contribution in [0.3, 0.4) is 0 Å². The summed E-state index contributed by atoms with van der Waals surface area (Å²) in [6.45, 7) is 7.05. The molecule has 0 radical (unpaired) electrons. The Morgan fingerprint density at radius 1 is 1.44 bits per heavy atom. The minimum atomic E-state index is 0.136. The van der Waals surface area contributed by atoms with Gasteiger partial charge in [0.1, 0.15) is 6.23 Å². The highest BCUT2D eigenvalue weighted by Crippen LogP contribution is 2.25. The molecule has 2 aliphatic rings. The average molecular weight is 220 g/mol. The standard InChI is InChI=1S/C13H20N2O/c1-11-7-6-8-12(2)15(14(11)3)13-9-4-5-10-16-13/h6-8,13H,2,4-5,9-10H2,1,3H3. The zero-order valence-corrected chi connectivity index (χ0v) is 10.1. The van der Waals surface area contributed by atoms with Crippen molar-refractivity contribution < 1.29 is 4.74 Å². The topological polar surface area (TPSA) is 15.7 Å². The lowest BCUT2D eigenvalue weighted by atomic mass is 10.2. The van der Waals surface area contributed by atoms with E-state index < -0.39 is 0 Å². The highest BCUT2D eigenvalue weighted by molar-refractivity contribution is 5.24. The molecular formula is C13H20N2O. The van der Waals surface area contributed by atoms with Crippen LogP contribution in [0.5, 0.6) is 0 Å². The van der Waals surface area contributed by atoms with Gasteiger partial charge in [0, 0.05) is 19.4 Å². The van der Waals surface area contributed by atoms with Crippen molar-refractivity contribution in [3.05, 3.63) is 36.2 Å². The van der Waals surface area contributed by atoms with Gasteiger partial charge in [0.25, 0.3) is 0 Å². The molecule has 2 heterocycles. The Morgan fingerprint density at radius 3 is 2.94 bits per heavy atom. The molecule has 88 valence electrons. The Hall–Kier alpha value is -1.22. The number of hydrogen-bond donors (Lipinski definition) is 0. The van der Waals surface area contributed by atoms with Crippen molar-refractivity contribution in [2.75, 3.05) is 13.7 Å². The van der Waals surface area contributed by atoms with Gasteiger partial charge < -0.3 is 4.74 Å². The van der Waals surface area contributed by atoms with Gasteiger partial charge in [-0.1, -0.05) is 12.7 Å². The second-order valence-corrected chi connectivity index (χ2v) is 4.35. The zero-order valence-electron chi connectivity index (χ0n) is 10.1. The lowest BCUT2D eigenvalue weighted by Crippen LogP contribution is -2.46. The average Bonchev–Trinajstić information content (AvgIpc) is 2.41. The second-order valence-electron chi connectivity index (χ2n) is 4.35. The Labute approximate surface area is 97.6 Å². The monoisotopic (exact) mass is 220 g/mol. The maximum Gasteiger partial charge on any atom is 0.148 e. The molecule has 3 heteroatoms. The van der Waals surface area contributed by atoms with E-state index in [2.05, 4.69) is 36.6 Å². The van der Waals surface area contributed by atoms with Gasteiger partial charge in [0.2, 0.25) is 0 Å². The number of ether oxygens (including phenoxy) is 1. The third kappa shape index (κ3) is 2.14. The molecule has 0 N–H and O–H groups in total. The van der Waals surface area contributed by atoms with Crippen molar-refractivity contribution in [3.63, 3.8) is 0 Å². The summed E-state index contributed by atoms with van der Waals surface area (Å²) < 4.78 is 5.82. The van der Waals surface area contributed by atoms with Crippen LogP contribution in [-0.2, 0) is 4.74 Å². The van der Waals surface area contributed by atoms with Crippen LogP contribution in [0.25, 0.3) is 0 Å². The molecule has 0 aromatic heterocycles. The van der Waals surface area contributed by atoms with Crippen LogP contribution in [0.4, 0.5) is 0 Å². The van der Waals surface area contributed by atoms with Crippen molar-refractivity contribution in [1.29, 1.82) is 0 Å². The van der Waals surface area contributed by atoms with Gasteiger partial charge >= 0.3 is 0 Å². The number of rotatable bonds is 1. The van der Waals surface area contributed by atoms with Gasteiger partial charge in [-0.05, 0) is 38.3 Å². The summed E-state index contributed by atoms with van der Waals surface area (Å²) in [5.41, 5.74) is 2.19. The summed E-state index contributed by atoms with van der Waals surface area (Å²) in [6, 6.07) is 0. The predicted octanol–water partition coefficient (Wildman–Crippen LogP) is 2.65. The van der Waals surface area contributed by atoms with Crippen molar-refractivity contribution in [2.45, 2.75) is 32.4 Å². The summed E-state index contributed by atoms with van der Waals surface area (Å²) in [4.78, 5) is 0. The molecule has 1 fully saturated rings. The van der Waals surface area contributed by atoms with E-state index in [9.17, 15) is 0 Å². The molecule has 2 rings (SSSR count). The number of hydrazine groups is 1. The third-order valence-corrected chi connectivity index (χ3v) is 3.18. The quantitative estimate of drug-likeness (QED) is 0.675. The maximum absolute atomic E-state index is 5.82. The molecule has 1 unspecified atom stereocenters. The summed E-state index contributed by atoms with van der Waals surface area (Å²) in [5.74, 6) is 0. The third-order valence-electron chi connectivity index (χ3n) is 3.18. The number of hydrogen-bond acceptors (Lipinski definition) is 3. The number of nitrogens with zero attached hydrogens (tertiary/aromatic N) is 2. The van der Waals surface area contributed by atoms with Gasteiger partial charge in [-0.3, -0.25) is 10.0 Å². The molecule has 1 atom stereocenters. The molecule has 1 saturated heterocycles. The predicted molar refractivity (Wildman–Crippen MR) is 65.2 cm³/mol. The van der Waals surface area contributed by atoms with Crippen LogP contribution in [0.15, 0.2) is 36.2 Å². The van der Waals surface area contributed by atoms with Crippen LogP contribution < -0.4 is 0 Å². The molecule has 0 spiro atoms. The summed E-state index contributed by atoms with van der Waals surface area (Å²) in [5, 5.41) is 4.27. The fourth-order valence-corrected chi connectivity index (χ4v) is 2.14. The molecule has 0 aromatic rings. The summed E-state index contributed by atoms with van der Waals surface area (Å²) in [7, 11) is 2.06. The molecule has 2 aliphatic heterocycles. The van der Waals surface area contributed by atoms with E-state index in [4.69, 9.17) is 4.74 Å². The minimum absolute atomic E-state index is 0.136. The molecule has 0 aromatic carbocycles. The summed E-state index contributed by atoms with van der Waals surface area (Å²) in [6.07, 6.45) is 9.78. The fourth-order valence-electron chi connectivity index (χ4n) is 2.14. The number of allylic oxidation sites excluding steroid dienone is 4. The van der Waals surface area contributed by atoms with Gasteiger partial charge in [-0.2, -0.15) is 0 Å². The highest BCUT2D eigenvalue weighted by atomic mass is 16.5. The van der Waals surface area contributed by atoms with Gasteiger partial charge in [-0.25, -0.2) is 0 Å². The molecule has 16 heavy (non-hydrogen) atoms. The highest BCUT2D eigenvalue weighted by Gasteiger charge is 2.26. The first-order chi connectivity index (χ1) is 7.70. The SMILES string of the molecule is C=C1C=CC=C(C)N(C)N1C1CCCCO1. The summed E-state index contributed by atoms with van der Waals surface area (Å²) >= 11 is 0. The maximum atomic E-state index is 5.82. The normalized spacial score (nSPS) is 26.8. The first-order valence-corrected chi connectivity index (χ1v) is 5.88. The molecule has 0 aliphatic carbocycles. The van der Waals surface area contributed by atoms with Crippen LogP contribution in [-0.4, -0.2) is 29.9 Å². The van der Waals surface area contributed by atoms with E-state index >= 15 is 0 Å². The van der Waals surface area contributed by atoms with E-state index in [1.165, 1.54) is 18.5 Å². The van der Waals surface area contributed by atoms with Crippen molar-refractivity contribution in [3.8, 4) is 0 Å². The smallest absolute Gasteiger partial charge is 0.148 e. The molecule has 0 saturated carbocycles. The van der Waals surface area contributed by atoms with Gasteiger partial charge in [0.15, 0.2) is 0 Å².